The molecule has 4 unspecified atom stereocenters. The molecule has 2 saturated carbocycles. The van der Waals surface area contributed by atoms with Gasteiger partial charge < -0.3 is 4.74 Å². The maximum atomic E-state index is 15.1. The molecule has 0 aliphatic heterocycles. The number of carbonyl (C=O) groups is 1. The minimum Gasteiger partial charge on any atom is -0.423 e. The summed E-state index contributed by atoms with van der Waals surface area (Å²) < 4.78 is 34.7. The predicted octanol–water partition coefficient (Wildman–Crippen LogP) is 8.57. The van der Waals surface area contributed by atoms with Gasteiger partial charge in [-0.05, 0) is 111 Å². The zero-order valence-corrected chi connectivity index (χ0v) is 20.5. The van der Waals surface area contributed by atoms with Crippen molar-refractivity contribution < 1.29 is 18.3 Å². The number of carbonyl (C=O) groups excluding carboxylic acids is 1. The number of aryl methyl sites for hydroxylation is 1. The van der Waals surface area contributed by atoms with E-state index in [4.69, 9.17) is 4.74 Å². The lowest BCUT2D eigenvalue weighted by molar-refractivity contribution is 0.0733. The maximum Gasteiger partial charge on any atom is 0.343 e. The summed E-state index contributed by atoms with van der Waals surface area (Å²) in [6.07, 6.45) is 14.3. The lowest BCUT2D eigenvalue weighted by Gasteiger charge is -2.42. The lowest BCUT2D eigenvalue weighted by Crippen LogP contribution is -2.30. The molecule has 4 rings (SSSR count). The van der Waals surface area contributed by atoms with Crippen LogP contribution in [0.25, 0.3) is 0 Å². The van der Waals surface area contributed by atoms with Crippen LogP contribution in [0.15, 0.2) is 61.7 Å². The molecule has 0 N–H and O–H groups in total. The van der Waals surface area contributed by atoms with Crippen LogP contribution in [0, 0.1) is 29.4 Å². The fourth-order valence-corrected chi connectivity index (χ4v) is 6.09. The van der Waals surface area contributed by atoms with Crippen molar-refractivity contribution >= 4 is 5.97 Å². The summed E-state index contributed by atoms with van der Waals surface area (Å²) in [6, 6.07) is 9.01. The van der Waals surface area contributed by atoms with Gasteiger partial charge in [-0.25, -0.2) is 13.6 Å². The largest absolute Gasteiger partial charge is 0.423 e. The van der Waals surface area contributed by atoms with E-state index in [9.17, 15) is 9.18 Å². The third-order valence-electron chi connectivity index (χ3n) is 8.03. The number of halogens is 2. The molecule has 2 aromatic rings. The van der Waals surface area contributed by atoms with Gasteiger partial charge in [-0.3, -0.25) is 0 Å². The Morgan fingerprint density at radius 1 is 0.914 bits per heavy atom. The number of esters is 1. The van der Waals surface area contributed by atoms with Crippen molar-refractivity contribution in [3.63, 3.8) is 0 Å². The van der Waals surface area contributed by atoms with Crippen LogP contribution in [0.4, 0.5) is 8.78 Å². The van der Waals surface area contributed by atoms with Gasteiger partial charge in [0, 0.05) is 6.07 Å². The van der Waals surface area contributed by atoms with Crippen molar-refractivity contribution in [3.05, 3.63) is 90.0 Å². The van der Waals surface area contributed by atoms with Crippen LogP contribution in [0.2, 0.25) is 0 Å². The zero-order valence-electron chi connectivity index (χ0n) is 20.5. The minimum atomic E-state index is -0.685. The zero-order chi connectivity index (χ0) is 24.8. The molecular weight excluding hydrogens is 442 g/mol. The molecule has 0 spiro atoms. The van der Waals surface area contributed by atoms with Crippen molar-refractivity contribution in [1.82, 2.24) is 0 Å². The van der Waals surface area contributed by atoms with Crippen LogP contribution in [-0.2, 0) is 6.42 Å². The number of fused-ring (bicyclic) bond motifs is 1. The Labute approximate surface area is 208 Å². The maximum absolute atomic E-state index is 15.1. The van der Waals surface area contributed by atoms with E-state index >= 15 is 4.39 Å². The van der Waals surface area contributed by atoms with E-state index in [0.717, 1.165) is 37.5 Å². The van der Waals surface area contributed by atoms with Gasteiger partial charge in [-0.1, -0.05) is 30.7 Å². The second kappa shape index (κ2) is 11.8. The van der Waals surface area contributed by atoms with Gasteiger partial charge in [0.15, 0.2) is 0 Å². The predicted molar refractivity (Wildman–Crippen MR) is 137 cm³/mol. The third kappa shape index (κ3) is 6.28. The van der Waals surface area contributed by atoms with Crippen molar-refractivity contribution in [1.29, 1.82) is 0 Å². The molecule has 0 bridgehead atoms. The van der Waals surface area contributed by atoms with Gasteiger partial charge in [-0.2, -0.15) is 0 Å². The minimum absolute atomic E-state index is 0.112. The van der Waals surface area contributed by atoms with E-state index in [1.807, 2.05) is 6.08 Å². The second-order valence-corrected chi connectivity index (χ2v) is 10.3. The highest BCUT2D eigenvalue weighted by Gasteiger charge is 2.36. The van der Waals surface area contributed by atoms with Crippen LogP contribution < -0.4 is 4.74 Å². The summed E-state index contributed by atoms with van der Waals surface area (Å²) in [4.78, 5) is 12.6. The van der Waals surface area contributed by atoms with Gasteiger partial charge in [0.1, 0.15) is 17.4 Å². The van der Waals surface area contributed by atoms with E-state index in [1.165, 1.54) is 37.8 Å². The van der Waals surface area contributed by atoms with Gasteiger partial charge in [0.05, 0.1) is 5.56 Å². The highest BCUT2D eigenvalue weighted by atomic mass is 19.1. The Morgan fingerprint density at radius 3 is 2.43 bits per heavy atom. The summed E-state index contributed by atoms with van der Waals surface area (Å²) in [5, 5.41) is 0. The molecule has 0 saturated heterocycles. The van der Waals surface area contributed by atoms with Gasteiger partial charge in [0.25, 0.3) is 0 Å². The molecule has 0 heterocycles. The molecule has 35 heavy (non-hydrogen) atoms. The number of allylic oxidation sites excluding steroid dienone is 2. The summed E-state index contributed by atoms with van der Waals surface area (Å²) in [7, 11) is 0. The van der Waals surface area contributed by atoms with E-state index in [0.29, 0.717) is 29.9 Å². The molecule has 2 aliphatic rings. The second-order valence-electron chi connectivity index (χ2n) is 10.3. The number of hydrogen-bond donors (Lipinski definition) is 0. The highest BCUT2D eigenvalue weighted by molar-refractivity contribution is 5.91. The summed E-state index contributed by atoms with van der Waals surface area (Å²) >= 11 is 0. The van der Waals surface area contributed by atoms with E-state index < -0.39 is 11.8 Å². The molecular formula is C31H36F2O2. The van der Waals surface area contributed by atoms with Gasteiger partial charge in [-0.15, -0.1) is 13.2 Å². The first-order valence-electron chi connectivity index (χ1n) is 13.0. The Kier molecular flexibility index (Phi) is 8.54. The van der Waals surface area contributed by atoms with Crippen molar-refractivity contribution in [2.45, 2.75) is 70.1 Å². The molecule has 186 valence electrons. The SMILES string of the molecule is C=CCCc1ccc(OC(=O)c2ccc(C3CCC4CC(CCC=C)CCC4C3)c(F)c2)cc1F. The Morgan fingerprint density at radius 2 is 1.69 bits per heavy atom. The summed E-state index contributed by atoms with van der Waals surface area (Å²) in [5.41, 5.74) is 1.38. The average Bonchev–Trinajstić information content (AvgIpc) is 2.86. The molecule has 2 fully saturated rings. The van der Waals surface area contributed by atoms with Crippen LogP contribution in [0.3, 0.4) is 0 Å². The third-order valence-corrected chi connectivity index (χ3v) is 8.03. The van der Waals surface area contributed by atoms with Crippen LogP contribution >= 0.6 is 0 Å². The Bertz CT molecular complexity index is 1060. The van der Waals surface area contributed by atoms with Gasteiger partial charge in [0.2, 0.25) is 0 Å². The summed E-state index contributed by atoms with van der Waals surface area (Å²) in [6.45, 7) is 7.49. The average molecular weight is 479 g/mol. The van der Waals surface area contributed by atoms with Gasteiger partial charge >= 0.3 is 5.97 Å². The van der Waals surface area contributed by atoms with E-state index in [2.05, 4.69) is 13.2 Å². The molecule has 2 nitrogen and oxygen atoms in total. The molecule has 0 aromatic heterocycles. The smallest absolute Gasteiger partial charge is 0.343 e. The molecule has 0 radical (unpaired) electrons. The molecule has 2 aliphatic carbocycles. The van der Waals surface area contributed by atoms with Crippen LogP contribution in [0.5, 0.6) is 5.75 Å². The van der Waals surface area contributed by atoms with E-state index in [-0.39, 0.29) is 23.0 Å². The molecule has 0 amide bonds. The van der Waals surface area contributed by atoms with Crippen molar-refractivity contribution in [2.24, 2.45) is 17.8 Å². The highest BCUT2D eigenvalue weighted by Crippen LogP contribution is 2.48. The first-order valence-corrected chi connectivity index (χ1v) is 13.0. The normalized spacial score (nSPS) is 23.8. The topological polar surface area (TPSA) is 26.3 Å². The lowest BCUT2D eigenvalue weighted by atomic mass is 9.63. The fraction of sp³-hybridized carbons (Fsp3) is 0.452. The first-order chi connectivity index (χ1) is 17.0. The van der Waals surface area contributed by atoms with Crippen LogP contribution in [0.1, 0.15) is 85.2 Å². The number of benzene rings is 2. The Hall–Kier alpha value is -2.75. The summed E-state index contributed by atoms with van der Waals surface area (Å²) in [5.74, 6) is 1.08. The number of rotatable bonds is 9. The molecule has 4 atom stereocenters. The standard InChI is InChI=1S/C31H36F2O2/c1-3-5-7-21-9-10-24-18-25(12-11-23(24)17-21)28-16-14-26(19-30(28)33)31(34)35-27-15-13-22(8-6-4-2)29(32)20-27/h3-4,13-16,19-21,23-25H,1-2,5-12,17-18H2. The Balaban J connectivity index is 1.36. The number of hydrogen-bond acceptors (Lipinski definition) is 2. The van der Waals surface area contributed by atoms with E-state index in [1.54, 1.807) is 30.3 Å². The van der Waals surface area contributed by atoms with Crippen LogP contribution in [-0.4, -0.2) is 5.97 Å². The molecule has 2 aromatic carbocycles. The molecule has 4 heteroatoms. The fourth-order valence-electron chi connectivity index (χ4n) is 6.09. The number of ether oxygens (including phenoxy) is 1. The monoisotopic (exact) mass is 478 g/mol. The van der Waals surface area contributed by atoms with Crippen molar-refractivity contribution in [3.8, 4) is 5.75 Å². The first kappa shape index (κ1) is 25.3. The van der Waals surface area contributed by atoms with Crippen molar-refractivity contribution in [2.75, 3.05) is 0 Å². The quantitative estimate of drug-likeness (QED) is 0.205.